The van der Waals surface area contributed by atoms with E-state index >= 15 is 0 Å². The van der Waals surface area contributed by atoms with Crippen molar-refractivity contribution in [2.45, 2.75) is 188 Å². The molecule has 0 aromatic carbocycles. The third kappa shape index (κ3) is 18.1. The van der Waals surface area contributed by atoms with Crippen LogP contribution in [0.3, 0.4) is 0 Å². The maximum Gasteiger partial charge on any atom is 0.184 e. The minimum atomic E-state index is 1.23. The second-order valence-corrected chi connectivity index (χ2v) is 11.2. The van der Waals surface area contributed by atoms with Crippen LogP contribution in [0.1, 0.15) is 180 Å². The monoisotopic (exact) mass is 487 g/mol. The van der Waals surface area contributed by atoms with Gasteiger partial charge in [0.05, 0.1) is 0 Å². The van der Waals surface area contributed by atoms with Crippen molar-refractivity contribution in [3.05, 3.63) is 29.6 Å². The van der Waals surface area contributed by atoms with Crippen molar-refractivity contribution in [1.29, 1.82) is 0 Å². The van der Waals surface area contributed by atoms with Crippen molar-refractivity contribution in [3.63, 3.8) is 0 Å². The zero-order valence-electron chi connectivity index (χ0n) is 24.6. The van der Waals surface area contributed by atoms with Crippen molar-refractivity contribution in [1.82, 2.24) is 0 Å². The van der Waals surface area contributed by atoms with Gasteiger partial charge in [0.2, 0.25) is 0 Å². The summed E-state index contributed by atoms with van der Waals surface area (Å²) < 4.78 is 2.65. The highest BCUT2D eigenvalue weighted by Crippen LogP contribution is 2.16. The van der Waals surface area contributed by atoms with Gasteiger partial charge in [0.25, 0.3) is 0 Å². The Balaban J connectivity index is 2.41. The quantitative estimate of drug-likeness (QED) is 0.0905. The van der Waals surface area contributed by atoms with Crippen LogP contribution in [0.5, 0.6) is 0 Å². The highest BCUT2D eigenvalue weighted by Gasteiger charge is 2.15. The van der Waals surface area contributed by atoms with Crippen LogP contribution in [0.4, 0.5) is 0 Å². The minimum Gasteiger partial charge on any atom is -0.202 e. The summed E-state index contributed by atoms with van der Waals surface area (Å²) in [4.78, 5) is 0. The molecule has 0 saturated carbocycles. The van der Waals surface area contributed by atoms with Gasteiger partial charge >= 0.3 is 0 Å². The number of nitrogens with zero attached hydrogens (tertiary/aromatic N) is 1. The molecule has 0 radical (unpaired) electrons. The topological polar surface area (TPSA) is 3.88 Å². The van der Waals surface area contributed by atoms with E-state index in [9.17, 15) is 0 Å². The lowest BCUT2D eigenvalue weighted by atomic mass is 9.99. The Morgan fingerprint density at radius 2 is 0.857 bits per heavy atom. The molecule has 35 heavy (non-hydrogen) atoms. The Labute approximate surface area is 221 Å². The molecular weight excluding hydrogens is 422 g/mol. The van der Waals surface area contributed by atoms with E-state index in [0.29, 0.717) is 0 Å². The number of pyridine rings is 1. The first-order valence-corrected chi connectivity index (χ1v) is 16.3. The molecule has 1 aromatic rings. The van der Waals surface area contributed by atoms with Crippen LogP contribution in [0.15, 0.2) is 18.3 Å². The van der Waals surface area contributed by atoms with Gasteiger partial charge in [-0.3, -0.25) is 0 Å². The molecule has 0 bridgehead atoms. The lowest BCUT2D eigenvalue weighted by molar-refractivity contribution is -0.705. The van der Waals surface area contributed by atoms with Crippen LogP contribution in [-0.2, 0) is 19.4 Å². The van der Waals surface area contributed by atoms with Gasteiger partial charge in [0, 0.05) is 24.5 Å². The van der Waals surface area contributed by atoms with Crippen molar-refractivity contribution in [2.75, 3.05) is 0 Å². The molecule has 1 heterocycles. The van der Waals surface area contributed by atoms with Crippen LogP contribution in [0, 0.1) is 0 Å². The summed E-state index contributed by atoms with van der Waals surface area (Å²) >= 11 is 0. The molecule has 0 aliphatic carbocycles. The Morgan fingerprint density at radius 1 is 0.457 bits per heavy atom. The van der Waals surface area contributed by atoms with Gasteiger partial charge in [-0.1, -0.05) is 143 Å². The van der Waals surface area contributed by atoms with Crippen LogP contribution < -0.4 is 4.57 Å². The largest absolute Gasteiger partial charge is 0.202 e. The van der Waals surface area contributed by atoms with Crippen LogP contribution >= 0.6 is 0 Å². The standard InChI is InChI=1S/C34H64N/c1-4-7-10-13-16-17-18-19-20-23-26-31-35-32-27-29-33(28-24-21-14-11-8-5-2)34(35)30-25-22-15-12-9-6-3/h27,29,32H,4-26,28,30-31H2,1-3H3/q+1. The fraction of sp³-hybridized carbons (Fsp3) is 0.853. The maximum absolute atomic E-state index is 2.65. The molecule has 0 atom stereocenters. The maximum atomic E-state index is 2.65. The van der Waals surface area contributed by atoms with Crippen molar-refractivity contribution in [2.24, 2.45) is 0 Å². The van der Waals surface area contributed by atoms with E-state index in [2.05, 4.69) is 43.7 Å². The Morgan fingerprint density at radius 3 is 1.34 bits per heavy atom. The van der Waals surface area contributed by atoms with E-state index in [-0.39, 0.29) is 0 Å². The molecule has 0 spiro atoms. The summed E-state index contributed by atoms with van der Waals surface area (Å²) in [5, 5.41) is 0. The predicted octanol–water partition coefficient (Wildman–Crippen LogP) is 11.1. The Kier molecular flexibility index (Phi) is 22.8. The van der Waals surface area contributed by atoms with Gasteiger partial charge in [-0.05, 0) is 31.7 Å². The number of aromatic nitrogens is 1. The molecular formula is C34H64N+. The number of aryl methyl sites for hydroxylation is 2. The van der Waals surface area contributed by atoms with Crippen LogP contribution in [0.2, 0.25) is 0 Å². The smallest absolute Gasteiger partial charge is 0.184 e. The van der Waals surface area contributed by atoms with E-state index in [0.717, 1.165) is 0 Å². The normalized spacial score (nSPS) is 11.4. The fourth-order valence-corrected chi connectivity index (χ4v) is 5.49. The summed E-state index contributed by atoms with van der Waals surface area (Å²) in [6, 6.07) is 4.77. The third-order valence-electron chi connectivity index (χ3n) is 7.85. The Hall–Kier alpha value is -0.850. The molecule has 1 aromatic heterocycles. The first-order chi connectivity index (χ1) is 17.3. The number of hydrogen-bond acceptors (Lipinski definition) is 0. The van der Waals surface area contributed by atoms with Gasteiger partial charge < -0.3 is 0 Å². The average Bonchev–Trinajstić information content (AvgIpc) is 2.87. The van der Waals surface area contributed by atoms with Crippen molar-refractivity contribution >= 4 is 0 Å². The van der Waals surface area contributed by atoms with Gasteiger partial charge in [0.15, 0.2) is 11.9 Å². The lowest BCUT2D eigenvalue weighted by Crippen LogP contribution is -2.39. The van der Waals surface area contributed by atoms with Gasteiger partial charge in [-0.25, -0.2) is 4.57 Å². The summed E-state index contributed by atoms with van der Waals surface area (Å²) in [5.74, 6) is 0. The van der Waals surface area contributed by atoms with E-state index < -0.39 is 0 Å². The van der Waals surface area contributed by atoms with E-state index in [4.69, 9.17) is 0 Å². The van der Waals surface area contributed by atoms with Gasteiger partial charge in [-0.15, -0.1) is 0 Å². The highest BCUT2D eigenvalue weighted by molar-refractivity contribution is 5.16. The second kappa shape index (κ2) is 24.8. The third-order valence-corrected chi connectivity index (χ3v) is 7.85. The molecule has 1 nitrogen and oxygen atoms in total. The lowest BCUT2D eigenvalue weighted by Gasteiger charge is -2.10. The predicted molar refractivity (Wildman–Crippen MR) is 157 cm³/mol. The van der Waals surface area contributed by atoms with Gasteiger partial charge in [-0.2, -0.15) is 0 Å². The van der Waals surface area contributed by atoms with E-state index in [1.54, 1.807) is 11.3 Å². The molecule has 1 heteroatoms. The SMILES string of the molecule is CCCCCCCCCCCCC[n+]1cccc(CCCCCCCC)c1CCCCCCCC. The number of rotatable bonds is 26. The summed E-state index contributed by atoms with van der Waals surface area (Å²) in [5.41, 5.74) is 3.32. The van der Waals surface area contributed by atoms with E-state index in [1.165, 1.54) is 167 Å². The average molecular weight is 487 g/mol. The molecule has 0 N–H and O–H groups in total. The van der Waals surface area contributed by atoms with Crippen LogP contribution in [0.25, 0.3) is 0 Å². The second-order valence-electron chi connectivity index (χ2n) is 11.2. The number of unbranched alkanes of at least 4 members (excludes halogenated alkanes) is 20. The molecule has 0 fully saturated rings. The summed E-state index contributed by atoms with van der Waals surface area (Å²) in [7, 11) is 0. The zero-order valence-corrected chi connectivity index (χ0v) is 24.6. The van der Waals surface area contributed by atoms with Crippen LogP contribution in [-0.4, -0.2) is 0 Å². The molecule has 0 unspecified atom stereocenters. The first kappa shape index (κ1) is 32.2. The highest BCUT2D eigenvalue weighted by atomic mass is 15.0. The molecule has 204 valence electrons. The fourth-order valence-electron chi connectivity index (χ4n) is 5.49. The molecule has 0 aliphatic heterocycles. The van der Waals surface area contributed by atoms with E-state index in [1.807, 2.05) is 0 Å². The minimum absolute atomic E-state index is 1.23. The van der Waals surface area contributed by atoms with Crippen molar-refractivity contribution in [3.8, 4) is 0 Å². The molecule has 0 saturated heterocycles. The number of hydrogen-bond donors (Lipinski definition) is 0. The zero-order chi connectivity index (χ0) is 25.2. The summed E-state index contributed by atoms with van der Waals surface area (Å²) in [6.45, 7) is 8.16. The molecule has 1 rings (SSSR count). The summed E-state index contributed by atoms with van der Waals surface area (Å²) in [6.07, 6.45) is 37.4. The van der Waals surface area contributed by atoms with Crippen molar-refractivity contribution < 1.29 is 4.57 Å². The Bertz CT molecular complexity index is 564. The first-order valence-electron chi connectivity index (χ1n) is 16.3. The molecule has 0 aliphatic rings. The van der Waals surface area contributed by atoms with Gasteiger partial charge in [0.1, 0.15) is 6.54 Å². The molecule has 0 amide bonds.